The summed E-state index contributed by atoms with van der Waals surface area (Å²) in [5.41, 5.74) is 1.56. The summed E-state index contributed by atoms with van der Waals surface area (Å²) >= 11 is 6.90. The van der Waals surface area contributed by atoms with Crippen molar-refractivity contribution in [1.82, 2.24) is 14.3 Å². The fourth-order valence-corrected chi connectivity index (χ4v) is 2.23. The molecule has 2 aromatic rings. The molecule has 0 radical (unpaired) electrons. The number of H-pyrrole nitrogens is 1. The van der Waals surface area contributed by atoms with E-state index in [0.717, 1.165) is 23.0 Å². The molecule has 1 aromatic carbocycles. The number of hydrogen-bond acceptors (Lipinski definition) is 3. The molecule has 2 N–H and O–H groups in total. The number of carboxylic acid groups (broad SMARTS) is 1. The summed E-state index contributed by atoms with van der Waals surface area (Å²) in [6, 6.07) is 5.29. The van der Waals surface area contributed by atoms with Gasteiger partial charge in [0, 0.05) is 23.5 Å². The standard InChI is InChI=1S/C10H10ClN3O2S/c1-2-14(10(15)16)17-9-12-7-4-3-6(11)5-8(7)13-9/h3-5H,2H2,1H3,(H,12,13)(H,15,16). The SMILES string of the molecule is CCN(Sc1nc2ccc(Cl)cc2[nH]1)C(=O)O. The van der Waals surface area contributed by atoms with E-state index < -0.39 is 6.09 Å². The van der Waals surface area contributed by atoms with E-state index in [0.29, 0.717) is 16.7 Å². The second-order valence-corrected chi connectivity index (χ2v) is 4.72. The second-order valence-electron chi connectivity index (χ2n) is 3.27. The van der Waals surface area contributed by atoms with E-state index in [1.54, 1.807) is 25.1 Å². The lowest BCUT2D eigenvalue weighted by Gasteiger charge is -2.12. The average molecular weight is 272 g/mol. The molecule has 0 unspecified atom stereocenters. The molecule has 90 valence electrons. The summed E-state index contributed by atoms with van der Waals surface area (Å²) in [7, 11) is 0. The molecule has 0 aliphatic rings. The van der Waals surface area contributed by atoms with Crippen LogP contribution in [0.5, 0.6) is 0 Å². The average Bonchev–Trinajstić information content (AvgIpc) is 2.66. The Morgan fingerprint density at radius 1 is 1.65 bits per heavy atom. The molecule has 1 amide bonds. The lowest BCUT2D eigenvalue weighted by Crippen LogP contribution is -2.21. The predicted molar refractivity (Wildman–Crippen MR) is 67.4 cm³/mol. The van der Waals surface area contributed by atoms with E-state index in [1.165, 1.54) is 4.31 Å². The maximum Gasteiger partial charge on any atom is 0.417 e. The van der Waals surface area contributed by atoms with E-state index in [1.807, 2.05) is 0 Å². The third kappa shape index (κ3) is 2.65. The minimum absolute atomic E-state index is 0.387. The van der Waals surface area contributed by atoms with Crippen molar-refractivity contribution in [3.8, 4) is 0 Å². The van der Waals surface area contributed by atoms with Gasteiger partial charge in [-0.2, -0.15) is 0 Å². The summed E-state index contributed by atoms with van der Waals surface area (Å²) in [6.07, 6.45) is -0.990. The Morgan fingerprint density at radius 3 is 3.06 bits per heavy atom. The topological polar surface area (TPSA) is 69.2 Å². The number of carbonyl (C=O) groups is 1. The van der Waals surface area contributed by atoms with Gasteiger partial charge >= 0.3 is 6.09 Å². The number of nitrogens with zero attached hydrogens (tertiary/aromatic N) is 2. The molecule has 0 atom stereocenters. The first-order chi connectivity index (χ1) is 8.10. The fraction of sp³-hybridized carbons (Fsp3) is 0.200. The highest BCUT2D eigenvalue weighted by molar-refractivity contribution is 7.97. The van der Waals surface area contributed by atoms with Crippen LogP contribution < -0.4 is 0 Å². The normalized spacial score (nSPS) is 10.7. The third-order valence-electron chi connectivity index (χ3n) is 2.12. The Labute approximate surface area is 107 Å². The van der Waals surface area contributed by atoms with Crippen LogP contribution in [0.4, 0.5) is 4.79 Å². The Hall–Kier alpha value is -1.40. The van der Waals surface area contributed by atoms with Crippen molar-refractivity contribution < 1.29 is 9.90 Å². The van der Waals surface area contributed by atoms with Gasteiger partial charge in [-0.15, -0.1) is 0 Å². The van der Waals surface area contributed by atoms with Crippen LogP contribution in [0.25, 0.3) is 11.0 Å². The lowest BCUT2D eigenvalue weighted by molar-refractivity contribution is 0.176. The van der Waals surface area contributed by atoms with Crippen LogP contribution in [0.2, 0.25) is 5.02 Å². The number of rotatable bonds is 3. The number of amides is 1. The Morgan fingerprint density at radius 2 is 2.41 bits per heavy atom. The zero-order valence-corrected chi connectivity index (χ0v) is 10.5. The molecule has 0 spiro atoms. The van der Waals surface area contributed by atoms with Gasteiger partial charge < -0.3 is 10.1 Å². The smallest absolute Gasteiger partial charge is 0.417 e. The van der Waals surface area contributed by atoms with Gasteiger partial charge in [-0.1, -0.05) is 11.6 Å². The molecule has 0 saturated heterocycles. The van der Waals surface area contributed by atoms with Crippen molar-refractivity contribution in [3.63, 3.8) is 0 Å². The number of aromatic amines is 1. The summed E-state index contributed by atoms with van der Waals surface area (Å²) in [5.74, 6) is 0. The molecule has 1 heterocycles. The Bertz CT molecular complexity index is 557. The number of aromatic nitrogens is 2. The summed E-state index contributed by atoms with van der Waals surface area (Å²) in [6.45, 7) is 2.15. The molecule has 1 aromatic heterocycles. The van der Waals surface area contributed by atoms with E-state index in [2.05, 4.69) is 9.97 Å². The van der Waals surface area contributed by atoms with E-state index in [-0.39, 0.29) is 0 Å². The van der Waals surface area contributed by atoms with Crippen molar-refractivity contribution >= 4 is 40.7 Å². The molecule has 0 saturated carbocycles. The number of imidazole rings is 1. The minimum atomic E-state index is -0.990. The van der Waals surface area contributed by atoms with Gasteiger partial charge in [0.2, 0.25) is 0 Å². The van der Waals surface area contributed by atoms with Crippen LogP contribution in [0.3, 0.4) is 0 Å². The number of nitrogens with one attached hydrogen (secondary N) is 1. The Kier molecular flexibility index (Phi) is 3.44. The van der Waals surface area contributed by atoms with Gasteiger partial charge in [-0.3, -0.25) is 0 Å². The van der Waals surface area contributed by atoms with Crippen molar-refractivity contribution in [2.75, 3.05) is 6.54 Å². The summed E-state index contributed by atoms with van der Waals surface area (Å²) in [5, 5.41) is 10.0. The van der Waals surface area contributed by atoms with E-state index >= 15 is 0 Å². The van der Waals surface area contributed by atoms with Crippen LogP contribution >= 0.6 is 23.5 Å². The first-order valence-electron chi connectivity index (χ1n) is 4.94. The van der Waals surface area contributed by atoms with Gasteiger partial charge in [0.15, 0.2) is 5.16 Å². The molecule has 2 rings (SSSR count). The van der Waals surface area contributed by atoms with Gasteiger partial charge in [0.25, 0.3) is 0 Å². The van der Waals surface area contributed by atoms with E-state index in [4.69, 9.17) is 16.7 Å². The van der Waals surface area contributed by atoms with Crippen LogP contribution in [0.1, 0.15) is 6.92 Å². The monoisotopic (exact) mass is 271 g/mol. The molecule has 17 heavy (non-hydrogen) atoms. The minimum Gasteiger partial charge on any atom is -0.464 e. The van der Waals surface area contributed by atoms with Gasteiger partial charge in [0.05, 0.1) is 11.0 Å². The van der Waals surface area contributed by atoms with Crippen molar-refractivity contribution in [3.05, 3.63) is 23.2 Å². The zero-order chi connectivity index (χ0) is 12.4. The van der Waals surface area contributed by atoms with Crippen molar-refractivity contribution in [2.24, 2.45) is 0 Å². The highest BCUT2D eigenvalue weighted by Gasteiger charge is 2.13. The van der Waals surface area contributed by atoms with Gasteiger partial charge in [-0.05, 0) is 25.1 Å². The fourth-order valence-electron chi connectivity index (χ4n) is 1.34. The van der Waals surface area contributed by atoms with Crippen LogP contribution in [0, 0.1) is 0 Å². The van der Waals surface area contributed by atoms with Crippen LogP contribution in [0.15, 0.2) is 23.4 Å². The third-order valence-corrected chi connectivity index (χ3v) is 3.36. The van der Waals surface area contributed by atoms with Crippen molar-refractivity contribution in [1.29, 1.82) is 0 Å². The summed E-state index contributed by atoms with van der Waals surface area (Å²) < 4.78 is 1.19. The second kappa shape index (κ2) is 4.85. The zero-order valence-electron chi connectivity index (χ0n) is 8.98. The van der Waals surface area contributed by atoms with E-state index in [9.17, 15) is 4.79 Å². The quantitative estimate of drug-likeness (QED) is 0.841. The molecular formula is C10H10ClN3O2S. The predicted octanol–water partition coefficient (Wildman–Crippen LogP) is 3.22. The maximum absolute atomic E-state index is 10.8. The molecule has 5 nitrogen and oxygen atoms in total. The maximum atomic E-state index is 10.8. The molecule has 0 aliphatic carbocycles. The van der Waals surface area contributed by atoms with Gasteiger partial charge in [0.1, 0.15) is 0 Å². The number of halogens is 1. The molecule has 7 heteroatoms. The number of benzene rings is 1. The molecule has 0 fully saturated rings. The molecule has 0 aliphatic heterocycles. The number of fused-ring (bicyclic) bond motifs is 1. The number of hydrogen-bond donors (Lipinski definition) is 2. The summed E-state index contributed by atoms with van der Waals surface area (Å²) in [4.78, 5) is 18.1. The van der Waals surface area contributed by atoms with Crippen LogP contribution in [-0.4, -0.2) is 32.0 Å². The highest BCUT2D eigenvalue weighted by atomic mass is 35.5. The molecule has 0 bridgehead atoms. The highest BCUT2D eigenvalue weighted by Crippen LogP contribution is 2.24. The first-order valence-corrected chi connectivity index (χ1v) is 6.09. The first kappa shape index (κ1) is 12.1. The van der Waals surface area contributed by atoms with Crippen molar-refractivity contribution in [2.45, 2.75) is 12.1 Å². The van der Waals surface area contributed by atoms with Crippen LogP contribution in [-0.2, 0) is 0 Å². The lowest BCUT2D eigenvalue weighted by atomic mass is 10.3. The Balaban J connectivity index is 2.27. The molecular weight excluding hydrogens is 262 g/mol. The van der Waals surface area contributed by atoms with Gasteiger partial charge in [-0.25, -0.2) is 14.1 Å². The largest absolute Gasteiger partial charge is 0.464 e.